The van der Waals surface area contributed by atoms with Crippen molar-refractivity contribution < 1.29 is 9.53 Å². The quantitative estimate of drug-likeness (QED) is 0.849. The van der Waals surface area contributed by atoms with Gasteiger partial charge >= 0.3 is 5.97 Å². The summed E-state index contributed by atoms with van der Waals surface area (Å²) in [5.74, 6) is -0.317. The van der Waals surface area contributed by atoms with E-state index in [1.54, 1.807) is 6.07 Å². The van der Waals surface area contributed by atoms with Crippen LogP contribution in [0.5, 0.6) is 0 Å². The molecule has 2 rings (SSSR count). The second-order valence-corrected chi connectivity index (χ2v) is 5.24. The maximum absolute atomic E-state index is 11.7. The zero-order valence-corrected chi connectivity index (χ0v) is 12.9. The van der Waals surface area contributed by atoms with Crippen LogP contribution in [0.15, 0.2) is 48.5 Å². The average Bonchev–Trinajstić information content (AvgIpc) is 2.52. The van der Waals surface area contributed by atoms with Crippen LogP contribution in [0, 0.1) is 0 Å². The van der Waals surface area contributed by atoms with E-state index < -0.39 is 0 Å². The van der Waals surface area contributed by atoms with Crippen LogP contribution < -0.4 is 5.32 Å². The lowest BCUT2D eigenvalue weighted by atomic mass is 10.1. The molecule has 4 heteroatoms. The highest BCUT2D eigenvalue weighted by Crippen LogP contribution is 2.18. The van der Waals surface area contributed by atoms with Crippen molar-refractivity contribution in [2.24, 2.45) is 0 Å². The molecule has 2 aromatic rings. The number of nitrogens with one attached hydrogen (secondary N) is 1. The molecule has 21 heavy (non-hydrogen) atoms. The molecule has 0 heterocycles. The van der Waals surface area contributed by atoms with Gasteiger partial charge < -0.3 is 10.1 Å². The molecule has 110 valence electrons. The van der Waals surface area contributed by atoms with Crippen molar-refractivity contribution >= 4 is 17.6 Å². The van der Waals surface area contributed by atoms with E-state index in [2.05, 4.69) is 12.2 Å². The summed E-state index contributed by atoms with van der Waals surface area (Å²) < 4.78 is 4.80. The Morgan fingerprint density at radius 2 is 2.00 bits per heavy atom. The predicted octanol–water partition coefficient (Wildman–Crippen LogP) is 3.98. The third-order valence-electron chi connectivity index (χ3n) is 3.37. The first-order valence-corrected chi connectivity index (χ1v) is 7.14. The molecule has 0 amide bonds. The SMILES string of the molecule is COC(=O)c1ccccc1CN[C@@H](C)c1cccc(Cl)c1. The van der Waals surface area contributed by atoms with Gasteiger partial charge in [-0.25, -0.2) is 4.79 Å². The Balaban J connectivity index is 2.08. The molecule has 0 saturated carbocycles. The van der Waals surface area contributed by atoms with Crippen LogP contribution in [0.1, 0.15) is 34.5 Å². The maximum Gasteiger partial charge on any atom is 0.338 e. The van der Waals surface area contributed by atoms with Gasteiger partial charge in [0.2, 0.25) is 0 Å². The Morgan fingerprint density at radius 1 is 1.24 bits per heavy atom. The molecule has 0 aliphatic carbocycles. The first-order chi connectivity index (χ1) is 10.1. The summed E-state index contributed by atoms with van der Waals surface area (Å²) in [5.41, 5.74) is 2.61. The number of carbonyl (C=O) groups excluding carboxylic acids is 1. The summed E-state index contributed by atoms with van der Waals surface area (Å²) in [4.78, 5) is 11.7. The molecule has 3 nitrogen and oxygen atoms in total. The van der Waals surface area contributed by atoms with Gasteiger partial charge in [-0.2, -0.15) is 0 Å². The van der Waals surface area contributed by atoms with Crippen molar-refractivity contribution in [1.82, 2.24) is 5.32 Å². The molecule has 0 fully saturated rings. The first kappa shape index (κ1) is 15.5. The summed E-state index contributed by atoms with van der Waals surface area (Å²) in [6, 6.07) is 15.3. The standard InChI is InChI=1S/C17H18ClNO2/c1-12(13-7-5-8-15(18)10-13)19-11-14-6-3-4-9-16(14)17(20)21-2/h3-10,12,19H,11H2,1-2H3/t12-/m0/s1. The molecule has 0 aliphatic rings. The van der Waals surface area contributed by atoms with Gasteiger partial charge in [-0.1, -0.05) is 41.9 Å². The highest BCUT2D eigenvalue weighted by atomic mass is 35.5. The summed E-state index contributed by atoms with van der Waals surface area (Å²) in [6.07, 6.45) is 0. The molecular weight excluding hydrogens is 286 g/mol. The van der Waals surface area contributed by atoms with E-state index in [9.17, 15) is 4.79 Å². The van der Waals surface area contributed by atoms with Crippen molar-refractivity contribution in [3.05, 3.63) is 70.2 Å². The molecule has 0 radical (unpaired) electrons. The van der Waals surface area contributed by atoms with Crippen molar-refractivity contribution in [2.75, 3.05) is 7.11 Å². The number of halogens is 1. The molecule has 0 bridgehead atoms. The zero-order valence-electron chi connectivity index (χ0n) is 12.1. The van der Waals surface area contributed by atoms with Crippen LogP contribution in [0.3, 0.4) is 0 Å². The monoisotopic (exact) mass is 303 g/mol. The summed E-state index contributed by atoms with van der Waals surface area (Å²) in [5, 5.41) is 4.11. The number of ether oxygens (including phenoxy) is 1. The summed E-state index contributed by atoms with van der Waals surface area (Å²) >= 11 is 6.00. The highest BCUT2D eigenvalue weighted by molar-refractivity contribution is 6.30. The topological polar surface area (TPSA) is 38.3 Å². The third kappa shape index (κ3) is 4.06. The molecule has 0 unspecified atom stereocenters. The van der Waals surface area contributed by atoms with Gasteiger partial charge in [0.15, 0.2) is 0 Å². The number of carbonyl (C=O) groups is 1. The number of hydrogen-bond donors (Lipinski definition) is 1. The fourth-order valence-corrected chi connectivity index (χ4v) is 2.34. The van der Waals surface area contributed by atoms with Crippen LogP contribution in [-0.2, 0) is 11.3 Å². The lowest BCUT2D eigenvalue weighted by Crippen LogP contribution is -2.20. The van der Waals surface area contributed by atoms with Crippen LogP contribution >= 0.6 is 11.6 Å². The van der Waals surface area contributed by atoms with Gasteiger partial charge in [-0.05, 0) is 36.2 Å². The third-order valence-corrected chi connectivity index (χ3v) is 3.61. The molecule has 0 spiro atoms. The second kappa shape index (κ2) is 7.25. The van der Waals surface area contributed by atoms with E-state index in [1.807, 2.05) is 42.5 Å². The number of esters is 1. The Hall–Kier alpha value is -1.84. The van der Waals surface area contributed by atoms with Crippen LogP contribution in [0.25, 0.3) is 0 Å². The molecule has 0 aromatic heterocycles. The van der Waals surface area contributed by atoms with E-state index in [-0.39, 0.29) is 12.0 Å². The van der Waals surface area contributed by atoms with Gasteiger partial charge in [0.1, 0.15) is 0 Å². The Labute approximate surface area is 129 Å². The Bertz CT molecular complexity index is 628. The average molecular weight is 304 g/mol. The molecule has 1 atom stereocenters. The smallest absolute Gasteiger partial charge is 0.338 e. The minimum atomic E-state index is -0.317. The maximum atomic E-state index is 11.7. The zero-order chi connectivity index (χ0) is 15.2. The molecule has 1 N–H and O–H groups in total. The molecule has 0 saturated heterocycles. The Morgan fingerprint density at radius 3 is 2.71 bits per heavy atom. The van der Waals surface area contributed by atoms with Crippen LogP contribution in [0.4, 0.5) is 0 Å². The van der Waals surface area contributed by atoms with E-state index >= 15 is 0 Å². The highest BCUT2D eigenvalue weighted by Gasteiger charge is 2.12. The van der Waals surface area contributed by atoms with Crippen molar-refractivity contribution in [1.29, 1.82) is 0 Å². The van der Waals surface area contributed by atoms with E-state index in [1.165, 1.54) is 7.11 Å². The van der Waals surface area contributed by atoms with Crippen molar-refractivity contribution in [3.8, 4) is 0 Å². The first-order valence-electron chi connectivity index (χ1n) is 6.77. The molecule has 2 aromatic carbocycles. The van der Waals surface area contributed by atoms with Crippen LogP contribution in [-0.4, -0.2) is 13.1 Å². The van der Waals surface area contributed by atoms with Crippen LogP contribution in [0.2, 0.25) is 5.02 Å². The number of benzene rings is 2. The number of hydrogen-bond acceptors (Lipinski definition) is 3. The fraction of sp³-hybridized carbons (Fsp3) is 0.235. The van der Waals surface area contributed by atoms with Crippen molar-refractivity contribution in [2.45, 2.75) is 19.5 Å². The van der Waals surface area contributed by atoms with Gasteiger partial charge in [0, 0.05) is 17.6 Å². The lowest BCUT2D eigenvalue weighted by Gasteiger charge is -2.16. The summed E-state index contributed by atoms with van der Waals surface area (Å²) in [6.45, 7) is 2.64. The van der Waals surface area contributed by atoms with Gasteiger partial charge in [-0.15, -0.1) is 0 Å². The van der Waals surface area contributed by atoms with Crippen molar-refractivity contribution in [3.63, 3.8) is 0 Å². The van der Waals surface area contributed by atoms with E-state index in [0.717, 1.165) is 16.1 Å². The summed E-state index contributed by atoms with van der Waals surface area (Å²) in [7, 11) is 1.39. The largest absolute Gasteiger partial charge is 0.465 e. The van der Waals surface area contributed by atoms with Gasteiger partial charge in [0.05, 0.1) is 12.7 Å². The second-order valence-electron chi connectivity index (χ2n) is 4.81. The predicted molar refractivity (Wildman–Crippen MR) is 84.5 cm³/mol. The van der Waals surface area contributed by atoms with Gasteiger partial charge in [-0.3, -0.25) is 0 Å². The van der Waals surface area contributed by atoms with E-state index in [0.29, 0.717) is 12.1 Å². The normalized spacial score (nSPS) is 12.0. The Kier molecular flexibility index (Phi) is 5.37. The molecule has 0 aliphatic heterocycles. The number of rotatable bonds is 5. The number of methoxy groups -OCH3 is 1. The minimum Gasteiger partial charge on any atom is -0.465 e. The van der Waals surface area contributed by atoms with E-state index in [4.69, 9.17) is 16.3 Å². The fourth-order valence-electron chi connectivity index (χ4n) is 2.14. The molecular formula is C17H18ClNO2. The minimum absolute atomic E-state index is 0.134. The lowest BCUT2D eigenvalue weighted by molar-refractivity contribution is 0.0599. The van der Waals surface area contributed by atoms with Gasteiger partial charge in [0.25, 0.3) is 0 Å².